The summed E-state index contributed by atoms with van der Waals surface area (Å²) >= 11 is 0. The average Bonchev–Trinajstić information content (AvgIpc) is 3.02. The number of nitrogens with one attached hydrogen (secondary N) is 1. The number of nitrogens with zero attached hydrogens (tertiary/aromatic N) is 2. The van der Waals surface area contributed by atoms with Crippen LogP contribution in [-0.4, -0.2) is 64.5 Å². The van der Waals surface area contributed by atoms with Crippen molar-refractivity contribution in [2.24, 2.45) is 16.3 Å². The summed E-state index contributed by atoms with van der Waals surface area (Å²) < 4.78 is 10.9. The fourth-order valence-corrected chi connectivity index (χ4v) is 2.73. The molecule has 2 aliphatic rings. The first kappa shape index (κ1) is 18.0. The molecule has 2 heterocycles. The highest BCUT2D eigenvalue weighted by molar-refractivity contribution is 14.0. The quantitative estimate of drug-likeness (QED) is 0.445. The molecule has 0 bridgehead atoms. The molecule has 0 spiro atoms. The first-order chi connectivity index (χ1) is 9.13. The van der Waals surface area contributed by atoms with E-state index in [-0.39, 0.29) is 29.4 Å². The van der Waals surface area contributed by atoms with Crippen molar-refractivity contribution in [3.8, 4) is 0 Å². The Bertz CT molecular complexity index is 314. The summed E-state index contributed by atoms with van der Waals surface area (Å²) in [6.45, 7) is 7.71. The Balaban J connectivity index is 0.00000200. The fraction of sp³-hybridized carbons (Fsp3) is 0.929. The molecule has 0 radical (unpaired) electrons. The highest BCUT2D eigenvalue weighted by Crippen LogP contribution is 2.26. The van der Waals surface area contributed by atoms with Gasteiger partial charge in [0.2, 0.25) is 0 Å². The zero-order valence-electron chi connectivity index (χ0n) is 12.9. The van der Waals surface area contributed by atoms with Crippen LogP contribution in [0.25, 0.3) is 0 Å². The molecule has 5 nitrogen and oxygen atoms in total. The van der Waals surface area contributed by atoms with Gasteiger partial charge >= 0.3 is 0 Å². The van der Waals surface area contributed by atoms with Gasteiger partial charge in [0.25, 0.3) is 0 Å². The Hall–Kier alpha value is -0.0800. The van der Waals surface area contributed by atoms with E-state index in [0.717, 1.165) is 58.3 Å². The van der Waals surface area contributed by atoms with Crippen LogP contribution in [0.5, 0.6) is 0 Å². The lowest BCUT2D eigenvalue weighted by Crippen LogP contribution is -2.45. The molecule has 2 saturated heterocycles. The standard InChI is InChI=1S/C14H27N3O2.HI/c1-14(5-7-19-11-14)10-16-13(15-2)17(3)8-12-4-6-18-9-12;/h12H,4-11H2,1-3H3,(H,15,16);1H. The summed E-state index contributed by atoms with van der Waals surface area (Å²) in [7, 11) is 3.94. The predicted octanol–water partition coefficient (Wildman–Crippen LogP) is 1.57. The number of halogens is 1. The molecule has 2 unspecified atom stereocenters. The van der Waals surface area contributed by atoms with E-state index in [1.165, 1.54) is 0 Å². The molecule has 0 aromatic carbocycles. The van der Waals surface area contributed by atoms with Crippen LogP contribution >= 0.6 is 24.0 Å². The zero-order valence-corrected chi connectivity index (χ0v) is 15.2. The highest BCUT2D eigenvalue weighted by Gasteiger charge is 2.30. The first-order valence-electron chi connectivity index (χ1n) is 7.20. The van der Waals surface area contributed by atoms with Crippen molar-refractivity contribution in [3.63, 3.8) is 0 Å². The van der Waals surface area contributed by atoms with Crippen molar-refractivity contribution < 1.29 is 9.47 Å². The van der Waals surface area contributed by atoms with Crippen LogP contribution in [0.4, 0.5) is 0 Å². The molecule has 0 saturated carbocycles. The van der Waals surface area contributed by atoms with Gasteiger partial charge in [-0.3, -0.25) is 4.99 Å². The van der Waals surface area contributed by atoms with Gasteiger partial charge in [0.1, 0.15) is 0 Å². The Morgan fingerprint density at radius 3 is 2.75 bits per heavy atom. The van der Waals surface area contributed by atoms with Crippen LogP contribution in [0.2, 0.25) is 0 Å². The van der Waals surface area contributed by atoms with E-state index in [1.807, 2.05) is 7.05 Å². The monoisotopic (exact) mass is 397 g/mol. The number of hydrogen-bond acceptors (Lipinski definition) is 3. The molecule has 2 aliphatic heterocycles. The maximum absolute atomic E-state index is 5.48. The smallest absolute Gasteiger partial charge is 0.193 e. The van der Waals surface area contributed by atoms with Gasteiger partial charge in [0.05, 0.1) is 13.2 Å². The number of guanidine groups is 1. The Morgan fingerprint density at radius 1 is 1.40 bits per heavy atom. The molecular formula is C14H28IN3O2. The second-order valence-corrected chi connectivity index (χ2v) is 6.12. The molecule has 2 rings (SSSR count). The van der Waals surface area contributed by atoms with Crippen molar-refractivity contribution in [2.75, 3.05) is 53.6 Å². The van der Waals surface area contributed by atoms with E-state index >= 15 is 0 Å². The lowest BCUT2D eigenvalue weighted by atomic mass is 9.90. The minimum atomic E-state index is 0. The van der Waals surface area contributed by atoms with E-state index in [9.17, 15) is 0 Å². The van der Waals surface area contributed by atoms with Gasteiger partial charge in [-0.15, -0.1) is 24.0 Å². The van der Waals surface area contributed by atoms with Gasteiger partial charge < -0.3 is 19.7 Å². The lowest BCUT2D eigenvalue weighted by Gasteiger charge is -2.28. The highest BCUT2D eigenvalue weighted by atomic mass is 127. The second-order valence-electron chi connectivity index (χ2n) is 6.12. The summed E-state index contributed by atoms with van der Waals surface area (Å²) in [5, 5.41) is 3.48. The van der Waals surface area contributed by atoms with Crippen molar-refractivity contribution in [1.82, 2.24) is 10.2 Å². The molecule has 118 valence electrons. The van der Waals surface area contributed by atoms with Crippen molar-refractivity contribution in [1.29, 1.82) is 0 Å². The normalized spacial score (nSPS) is 30.1. The van der Waals surface area contributed by atoms with E-state index in [1.54, 1.807) is 0 Å². The minimum Gasteiger partial charge on any atom is -0.381 e. The topological polar surface area (TPSA) is 46.1 Å². The molecule has 0 aliphatic carbocycles. The predicted molar refractivity (Wildman–Crippen MR) is 91.9 cm³/mol. The van der Waals surface area contributed by atoms with E-state index < -0.39 is 0 Å². The Labute approximate surface area is 139 Å². The maximum atomic E-state index is 5.48. The molecular weight excluding hydrogens is 369 g/mol. The second kappa shape index (κ2) is 8.38. The van der Waals surface area contributed by atoms with Crippen LogP contribution in [0.1, 0.15) is 19.8 Å². The maximum Gasteiger partial charge on any atom is 0.193 e. The van der Waals surface area contributed by atoms with Gasteiger partial charge in [0, 0.05) is 51.7 Å². The SMILES string of the molecule is CN=C(NCC1(C)CCOC1)N(C)CC1CCOC1.I. The molecule has 1 N–H and O–H groups in total. The van der Waals surface area contributed by atoms with Gasteiger partial charge in [-0.1, -0.05) is 6.92 Å². The summed E-state index contributed by atoms with van der Waals surface area (Å²) in [6.07, 6.45) is 2.28. The van der Waals surface area contributed by atoms with Crippen LogP contribution in [0, 0.1) is 11.3 Å². The van der Waals surface area contributed by atoms with Gasteiger partial charge in [-0.25, -0.2) is 0 Å². The summed E-state index contributed by atoms with van der Waals surface area (Å²) in [4.78, 5) is 6.58. The van der Waals surface area contributed by atoms with Gasteiger partial charge in [0.15, 0.2) is 5.96 Å². The van der Waals surface area contributed by atoms with Crippen LogP contribution in [0.15, 0.2) is 4.99 Å². The number of rotatable bonds is 4. The van der Waals surface area contributed by atoms with Gasteiger partial charge in [-0.2, -0.15) is 0 Å². The Morgan fingerprint density at radius 2 is 2.20 bits per heavy atom. The third-order valence-corrected chi connectivity index (χ3v) is 4.10. The third-order valence-electron chi connectivity index (χ3n) is 4.10. The van der Waals surface area contributed by atoms with Crippen LogP contribution in [0.3, 0.4) is 0 Å². The Kier molecular flexibility index (Phi) is 7.53. The molecule has 0 amide bonds. The third kappa shape index (κ3) is 5.04. The van der Waals surface area contributed by atoms with Crippen LogP contribution in [-0.2, 0) is 9.47 Å². The molecule has 0 aromatic heterocycles. The summed E-state index contributed by atoms with van der Waals surface area (Å²) in [5.41, 5.74) is 0.243. The zero-order chi connectivity index (χ0) is 13.7. The lowest BCUT2D eigenvalue weighted by molar-refractivity contribution is 0.160. The van der Waals surface area contributed by atoms with E-state index in [0.29, 0.717) is 5.92 Å². The van der Waals surface area contributed by atoms with Crippen LogP contribution < -0.4 is 5.32 Å². The summed E-state index contributed by atoms with van der Waals surface area (Å²) in [5.74, 6) is 1.61. The van der Waals surface area contributed by atoms with Crippen molar-refractivity contribution in [2.45, 2.75) is 19.8 Å². The molecule has 6 heteroatoms. The fourth-order valence-electron chi connectivity index (χ4n) is 2.73. The number of ether oxygens (including phenoxy) is 2. The van der Waals surface area contributed by atoms with E-state index in [4.69, 9.17) is 9.47 Å². The molecule has 20 heavy (non-hydrogen) atoms. The molecule has 2 fully saturated rings. The van der Waals surface area contributed by atoms with Gasteiger partial charge in [-0.05, 0) is 12.8 Å². The molecule has 2 atom stereocenters. The first-order valence-corrected chi connectivity index (χ1v) is 7.20. The summed E-state index contributed by atoms with van der Waals surface area (Å²) in [6, 6.07) is 0. The minimum absolute atomic E-state index is 0. The van der Waals surface area contributed by atoms with E-state index in [2.05, 4.69) is 29.2 Å². The van der Waals surface area contributed by atoms with Crippen molar-refractivity contribution >= 4 is 29.9 Å². The average molecular weight is 397 g/mol. The molecule has 0 aromatic rings. The number of hydrogen-bond donors (Lipinski definition) is 1. The number of aliphatic imine (C=N–C) groups is 1. The largest absolute Gasteiger partial charge is 0.381 e. The van der Waals surface area contributed by atoms with Crippen molar-refractivity contribution in [3.05, 3.63) is 0 Å².